The molecule has 0 atom stereocenters. The Balaban J connectivity index is 2.18. The number of aromatic nitrogens is 3. The van der Waals surface area contributed by atoms with Crippen molar-refractivity contribution in [3.63, 3.8) is 0 Å². The molecule has 9 heteroatoms. The van der Waals surface area contributed by atoms with E-state index in [0.29, 0.717) is 13.0 Å². The second-order valence-corrected chi connectivity index (χ2v) is 4.74. The van der Waals surface area contributed by atoms with Gasteiger partial charge >= 0.3 is 11.7 Å². The van der Waals surface area contributed by atoms with Crippen molar-refractivity contribution in [3.8, 4) is 0 Å². The molecular weight excluding hydrogens is 272 g/mol. The number of hydrogen-bond acceptors (Lipinski definition) is 6. The van der Waals surface area contributed by atoms with E-state index >= 15 is 0 Å². The molecule has 2 heterocycles. The number of aryl methyl sites for hydroxylation is 3. The number of carboxylic acids is 1. The van der Waals surface area contributed by atoms with Crippen molar-refractivity contribution < 1.29 is 14.8 Å². The molecule has 0 aromatic carbocycles. The largest absolute Gasteiger partial charge is 0.476 e. The molecule has 2 aromatic heterocycles. The van der Waals surface area contributed by atoms with Gasteiger partial charge in [-0.25, -0.2) is 9.78 Å². The van der Waals surface area contributed by atoms with Crippen molar-refractivity contribution in [2.45, 2.75) is 19.9 Å². The number of nitro groups is 1. The van der Waals surface area contributed by atoms with Gasteiger partial charge in [0, 0.05) is 17.8 Å². The highest BCUT2D eigenvalue weighted by atomic mass is 32.1. The predicted octanol–water partition coefficient (Wildman–Crippen LogP) is 1.50. The molecule has 0 aliphatic heterocycles. The van der Waals surface area contributed by atoms with Crippen LogP contribution in [0.3, 0.4) is 0 Å². The van der Waals surface area contributed by atoms with E-state index in [4.69, 9.17) is 5.11 Å². The van der Waals surface area contributed by atoms with Gasteiger partial charge in [0.25, 0.3) is 0 Å². The molecular formula is C10H10N4O4S. The lowest BCUT2D eigenvalue weighted by Crippen LogP contribution is -2.05. The maximum absolute atomic E-state index is 10.8. The minimum Gasteiger partial charge on any atom is -0.476 e. The smallest absolute Gasteiger partial charge is 0.363 e. The van der Waals surface area contributed by atoms with Crippen LogP contribution in [0.5, 0.6) is 0 Å². The summed E-state index contributed by atoms with van der Waals surface area (Å²) in [6.45, 7) is 2.25. The molecule has 0 fully saturated rings. The van der Waals surface area contributed by atoms with Gasteiger partial charge in [0.15, 0.2) is 0 Å². The third-order valence-corrected chi connectivity index (χ3v) is 3.55. The Morgan fingerprint density at radius 3 is 2.84 bits per heavy atom. The number of thiazole rings is 1. The Kier molecular flexibility index (Phi) is 3.56. The van der Waals surface area contributed by atoms with Crippen LogP contribution >= 0.6 is 11.3 Å². The fourth-order valence-corrected chi connectivity index (χ4v) is 2.36. The second-order valence-electron chi connectivity index (χ2n) is 3.80. The highest BCUT2D eigenvalue weighted by Crippen LogP contribution is 2.18. The van der Waals surface area contributed by atoms with E-state index in [2.05, 4.69) is 10.1 Å². The lowest BCUT2D eigenvalue weighted by molar-refractivity contribution is -0.385. The monoisotopic (exact) mass is 282 g/mol. The maximum Gasteiger partial charge on any atom is 0.363 e. The topological polar surface area (TPSA) is 111 Å². The van der Waals surface area contributed by atoms with E-state index in [0.717, 1.165) is 16.8 Å². The molecule has 8 nitrogen and oxygen atoms in total. The van der Waals surface area contributed by atoms with Crippen LogP contribution in [0.15, 0.2) is 11.7 Å². The summed E-state index contributed by atoms with van der Waals surface area (Å²) >= 11 is 1.49. The molecule has 0 saturated carbocycles. The van der Waals surface area contributed by atoms with Crippen molar-refractivity contribution in [1.29, 1.82) is 0 Å². The van der Waals surface area contributed by atoms with Crippen molar-refractivity contribution in [2.24, 2.45) is 0 Å². The average molecular weight is 282 g/mol. The van der Waals surface area contributed by atoms with E-state index < -0.39 is 22.3 Å². The van der Waals surface area contributed by atoms with Gasteiger partial charge in [-0.05, 0) is 6.92 Å². The summed E-state index contributed by atoms with van der Waals surface area (Å²) < 4.78 is 1.28. The van der Waals surface area contributed by atoms with Gasteiger partial charge in [-0.3, -0.25) is 14.8 Å². The maximum atomic E-state index is 10.8. The number of aromatic carboxylic acids is 1. The fourth-order valence-electron chi connectivity index (χ4n) is 1.59. The zero-order valence-corrected chi connectivity index (χ0v) is 10.8. The van der Waals surface area contributed by atoms with Crippen LogP contribution in [0.25, 0.3) is 0 Å². The first-order chi connectivity index (χ1) is 8.99. The second kappa shape index (κ2) is 5.14. The SMILES string of the molecule is Cc1ncsc1CCn1cc([N+](=O)[O-])c(C(=O)O)n1. The highest BCUT2D eigenvalue weighted by Gasteiger charge is 2.25. The van der Waals surface area contributed by atoms with Gasteiger partial charge in [0.05, 0.1) is 16.1 Å². The lowest BCUT2D eigenvalue weighted by Gasteiger charge is -1.99. The molecule has 0 spiro atoms. The first-order valence-corrected chi connectivity index (χ1v) is 6.21. The van der Waals surface area contributed by atoms with Gasteiger partial charge < -0.3 is 5.11 Å². The fraction of sp³-hybridized carbons (Fsp3) is 0.300. The number of carbonyl (C=O) groups is 1. The summed E-state index contributed by atoms with van der Waals surface area (Å²) in [6.07, 6.45) is 1.74. The van der Waals surface area contributed by atoms with Gasteiger partial charge in [0.1, 0.15) is 6.20 Å². The van der Waals surface area contributed by atoms with Crippen molar-refractivity contribution in [2.75, 3.05) is 0 Å². The molecule has 0 bridgehead atoms. The first kappa shape index (κ1) is 13.1. The molecule has 2 rings (SSSR count). The van der Waals surface area contributed by atoms with Gasteiger partial charge in [-0.2, -0.15) is 5.10 Å². The Morgan fingerprint density at radius 1 is 1.63 bits per heavy atom. The number of nitrogens with zero attached hydrogens (tertiary/aromatic N) is 4. The number of hydrogen-bond donors (Lipinski definition) is 1. The molecule has 0 radical (unpaired) electrons. The molecule has 0 aliphatic carbocycles. The summed E-state index contributed by atoms with van der Waals surface area (Å²) in [7, 11) is 0. The molecule has 0 aliphatic rings. The molecule has 100 valence electrons. The standard InChI is InChI=1S/C10H10N4O4S/c1-6-8(19-5-11-6)2-3-13-4-7(14(17)18)9(12-13)10(15)16/h4-5H,2-3H2,1H3,(H,15,16). The zero-order chi connectivity index (χ0) is 14.0. The normalized spacial score (nSPS) is 10.6. The summed E-state index contributed by atoms with van der Waals surface area (Å²) in [5.74, 6) is -1.40. The molecule has 0 unspecified atom stereocenters. The first-order valence-electron chi connectivity index (χ1n) is 5.33. The van der Waals surface area contributed by atoms with Gasteiger partial charge in [-0.15, -0.1) is 11.3 Å². The third-order valence-electron chi connectivity index (χ3n) is 2.55. The summed E-state index contributed by atoms with van der Waals surface area (Å²) in [4.78, 5) is 25.9. The summed E-state index contributed by atoms with van der Waals surface area (Å²) in [5.41, 5.74) is 1.60. The Morgan fingerprint density at radius 2 is 2.37 bits per heavy atom. The Bertz CT molecular complexity index is 602. The van der Waals surface area contributed by atoms with Crippen LogP contribution in [0, 0.1) is 17.0 Å². The molecule has 0 saturated heterocycles. The zero-order valence-electron chi connectivity index (χ0n) is 9.94. The molecule has 2 aromatic rings. The van der Waals surface area contributed by atoms with E-state index in [1.54, 1.807) is 5.51 Å². The molecule has 19 heavy (non-hydrogen) atoms. The summed E-state index contributed by atoms with van der Waals surface area (Å²) in [5, 5.41) is 23.3. The van der Waals surface area contributed by atoms with Gasteiger partial charge in [0.2, 0.25) is 5.69 Å². The molecule has 1 N–H and O–H groups in total. The number of rotatable bonds is 5. The van der Waals surface area contributed by atoms with E-state index in [9.17, 15) is 14.9 Å². The van der Waals surface area contributed by atoms with Crippen LogP contribution in [-0.2, 0) is 13.0 Å². The van der Waals surface area contributed by atoms with E-state index in [1.165, 1.54) is 16.0 Å². The van der Waals surface area contributed by atoms with Crippen molar-refractivity contribution >= 4 is 23.0 Å². The van der Waals surface area contributed by atoms with Crippen molar-refractivity contribution in [3.05, 3.63) is 38.1 Å². The minimum absolute atomic E-state index is 0.372. The summed E-state index contributed by atoms with van der Waals surface area (Å²) in [6, 6.07) is 0. The van der Waals surface area contributed by atoms with Crippen molar-refractivity contribution in [1.82, 2.24) is 14.8 Å². The van der Waals surface area contributed by atoms with Crippen LogP contribution in [0.2, 0.25) is 0 Å². The average Bonchev–Trinajstić information content (AvgIpc) is 2.92. The highest BCUT2D eigenvalue weighted by molar-refractivity contribution is 7.09. The van der Waals surface area contributed by atoms with Gasteiger partial charge in [-0.1, -0.05) is 0 Å². The Labute approximate surface area is 111 Å². The third kappa shape index (κ3) is 2.76. The van der Waals surface area contributed by atoms with E-state index in [-0.39, 0.29) is 0 Å². The lowest BCUT2D eigenvalue weighted by atomic mass is 10.3. The van der Waals surface area contributed by atoms with E-state index in [1.807, 2.05) is 6.92 Å². The number of carboxylic acid groups (broad SMARTS) is 1. The predicted molar refractivity (Wildman–Crippen MR) is 66.4 cm³/mol. The van der Waals surface area contributed by atoms with Crippen LogP contribution < -0.4 is 0 Å². The minimum atomic E-state index is -1.40. The Hall–Kier alpha value is -2.29. The van der Waals surface area contributed by atoms with Crippen LogP contribution in [0.1, 0.15) is 21.1 Å². The van der Waals surface area contributed by atoms with Crippen LogP contribution in [-0.4, -0.2) is 30.8 Å². The molecule has 0 amide bonds. The quantitative estimate of drug-likeness (QED) is 0.657. The van der Waals surface area contributed by atoms with Crippen LogP contribution in [0.4, 0.5) is 5.69 Å².